The molecule has 0 atom stereocenters. The fraction of sp³-hybridized carbons (Fsp3) is 0.214. The summed E-state index contributed by atoms with van der Waals surface area (Å²) in [6.45, 7) is 2.73. The first-order chi connectivity index (χ1) is 9.11. The van der Waals surface area contributed by atoms with Crippen LogP contribution in [0.1, 0.15) is 22.2 Å². The average molecular weight is 281 g/mol. The Kier molecular flexibility index (Phi) is 4.27. The van der Waals surface area contributed by atoms with Crippen LogP contribution in [0.4, 0.5) is 8.78 Å². The number of thiophene rings is 1. The van der Waals surface area contributed by atoms with Gasteiger partial charge in [-0.2, -0.15) is 0 Å². The quantitative estimate of drug-likeness (QED) is 0.837. The van der Waals surface area contributed by atoms with Gasteiger partial charge in [-0.05, 0) is 30.5 Å². The van der Waals surface area contributed by atoms with Crippen molar-refractivity contribution in [2.45, 2.75) is 13.5 Å². The highest BCUT2D eigenvalue weighted by Gasteiger charge is 2.18. The third kappa shape index (κ3) is 3.17. The maximum atomic E-state index is 13.6. The third-order valence-corrected chi connectivity index (χ3v) is 3.62. The molecule has 2 aromatic rings. The van der Waals surface area contributed by atoms with E-state index in [9.17, 15) is 13.6 Å². The zero-order valence-electron chi connectivity index (χ0n) is 10.4. The normalized spacial score (nSPS) is 10.5. The van der Waals surface area contributed by atoms with Crippen molar-refractivity contribution in [3.63, 3.8) is 0 Å². The molecule has 0 aliphatic heterocycles. The number of nitrogens with zero attached hydrogens (tertiary/aromatic N) is 1. The van der Waals surface area contributed by atoms with Gasteiger partial charge in [0.2, 0.25) is 0 Å². The summed E-state index contributed by atoms with van der Waals surface area (Å²) in [5.74, 6) is -1.93. The highest BCUT2D eigenvalue weighted by atomic mass is 32.1. The lowest BCUT2D eigenvalue weighted by atomic mass is 10.1. The fourth-order valence-electron chi connectivity index (χ4n) is 1.75. The molecule has 2 nitrogen and oxygen atoms in total. The SMILES string of the molecule is CCN(Cc1cccs1)C(=O)c1ccc(F)cc1F. The highest BCUT2D eigenvalue weighted by molar-refractivity contribution is 7.09. The molecule has 1 amide bonds. The van der Waals surface area contributed by atoms with Crippen LogP contribution in [0.5, 0.6) is 0 Å². The Hall–Kier alpha value is -1.75. The van der Waals surface area contributed by atoms with Gasteiger partial charge in [-0.3, -0.25) is 4.79 Å². The number of carbonyl (C=O) groups is 1. The summed E-state index contributed by atoms with van der Waals surface area (Å²) in [6, 6.07) is 6.82. The fourth-order valence-corrected chi connectivity index (χ4v) is 2.47. The Balaban J connectivity index is 2.20. The molecule has 0 saturated heterocycles. The Morgan fingerprint density at radius 3 is 2.68 bits per heavy atom. The Morgan fingerprint density at radius 2 is 2.11 bits per heavy atom. The van der Waals surface area contributed by atoms with E-state index in [1.807, 2.05) is 24.4 Å². The number of benzene rings is 1. The second-order valence-corrected chi connectivity index (χ2v) is 5.06. The zero-order chi connectivity index (χ0) is 13.8. The van der Waals surface area contributed by atoms with Crippen molar-refractivity contribution in [3.05, 3.63) is 57.8 Å². The topological polar surface area (TPSA) is 20.3 Å². The van der Waals surface area contributed by atoms with E-state index in [2.05, 4.69) is 0 Å². The minimum absolute atomic E-state index is 0.0974. The standard InChI is InChI=1S/C14H13F2NOS/c1-2-17(9-11-4-3-7-19-11)14(18)12-6-5-10(15)8-13(12)16/h3-8H,2,9H2,1H3. The van der Waals surface area contributed by atoms with E-state index >= 15 is 0 Å². The van der Waals surface area contributed by atoms with Crippen LogP contribution in [0.3, 0.4) is 0 Å². The number of hydrogen-bond acceptors (Lipinski definition) is 2. The molecule has 0 aliphatic carbocycles. The molecule has 0 saturated carbocycles. The minimum Gasteiger partial charge on any atom is -0.334 e. The summed E-state index contributed by atoms with van der Waals surface area (Å²) in [7, 11) is 0. The second kappa shape index (κ2) is 5.93. The number of halogens is 2. The number of rotatable bonds is 4. The van der Waals surface area contributed by atoms with Gasteiger partial charge in [0.15, 0.2) is 0 Å². The Morgan fingerprint density at radius 1 is 1.32 bits per heavy atom. The van der Waals surface area contributed by atoms with Gasteiger partial charge in [-0.1, -0.05) is 6.07 Å². The van der Waals surface area contributed by atoms with Gasteiger partial charge in [0.1, 0.15) is 11.6 Å². The van der Waals surface area contributed by atoms with Crippen LogP contribution in [0.15, 0.2) is 35.7 Å². The predicted octanol–water partition coefficient (Wildman–Crippen LogP) is 3.69. The first-order valence-electron chi connectivity index (χ1n) is 5.88. The smallest absolute Gasteiger partial charge is 0.257 e. The lowest BCUT2D eigenvalue weighted by Gasteiger charge is -2.20. The number of hydrogen-bond donors (Lipinski definition) is 0. The van der Waals surface area contributed by atoms with Crippen molar-refractivity contribution in [1.82, 2.24) is 4.90 Å². The average Bonchev–Trinajstić information content (AvgIpc) is 2.88. The van der Waals surface area contributed by atoms with Crippen LogP contribution in [0.25, 0.3) is 0 Å². The molecule has 0 unspecified atom stereocenters. The van der Waals surface area contributed by atoms with Gasteiger partial charge in [0.25, 0.3) is 5.91 Å². The maximum Gasteiger partial charge on any atom is 0.257 e. The summed E-state index contributed by atoms with van der Waals surface area (Å²) in [6.07, 6.45) is 0. The monoisotopic (exact) mass is 281 g/mol. The molecule has 0 fully saturated rings. The van der Waals surface area contributed by atoms with Crippen LogP contribution in [-0.2, 0) is 6.54 Å². The van der Waals surface area contributed by atoms with Crippen molar-refractivity contribution < 1.29 is 13.6 Å². The molecule has 5 heteroatoms. The van der Waals surface area contributed by atoms with Crippen LogP contribution in [0, 0.1) is 11.6 Å². The van der Waals surface area contributed by atoms with Crippen molar-refractivity contribution >= 4 is 17.2 Å². The molecule has 19 heavy (non-hydrogen) atoms. The molecule has 0 bridgehead atoms. The lowest BCUT2D eigenvalue weighted by molar-refractivity contribution is 0.0749. The second-order valence-electron chi connectivity index (χ2n) is 4.02. The predicted molar refractivity (Wildman–Crippen MR) is 71.1 cm³/mol. The van der Waals surface area contributed by atoms with Gasteiger partial charge < -0.3 is 4.90 Å². The molecule has 0 radical (unpaired) electrons. The summed E-state index contributed by atoms with van der Waals surface area (Å²) in [5.41, 5.74) is -0.0974. The Labute approximate surface area is 114 Å². The minimum atomic E-state index is -0.824. The molecule has 1 heterocycles. The molecule has 1 aromatic carbocycles. The summed E-state index contributed by atoms with van der Waals surface area (Å²) >= 11 is 1.54. The third-order valence-electron chi connectivity index (χ3n) is 2.76. The van der Waals surface area contributed by atoms with Gasteiger partial charge in [0.05, 0.1) is 12.1 Å². The van der Waals surface area contributed by atoms with Gasteiger partial charge in [-0.15, -0.1) is 11.3 Å². The van der Waals surface area contributed by atoms with Gasteiger partial charge in [-0.25, -0.2) is 8.78 Å². The molecule has 0 spiro atoms. The van der Waals surface area contributed by atoms with E-state index in [1.165, 1.54) is 22.3 Å². The molecule has 1 aromatic heterocycles. The van der Waals surface area contributed by atoms with Crippen LogP contribution < -0.4 is 0 Å². The van der Waals surface area contributed by atoms with Crippen LogP contribution >= 0.6 is 11.3 Å². The first-order valence-corrected chi connectivity index (χ1v) is 6.76. The first kappa shape index (κ1) is 13.7. The maximum absolute atomic E-state index is 13.6. The largest absolute Gasteiger partial charge is 0.334 e. The van der Waals surface area contributed by atoms with Crippen LogP contribution in [-0.4, -0.2) is 17.4 Å². The summed E-state index contributed by atoms with van der Waals surface area (Å²) in [5, 5.41) is 1.92. The van der Waals surface area contributed by atoms with E-state index in [1.54, 1.807) is 0 Å². The van der Waals surface area contributed by atoms with Crippen molar-refractivity contribution in [1.29, 1.82) is 0 Å². The van der Waals surface area contributed by atoms with E-state index < -0.39 is 17.5 Å². The molecule has 0 aliphatic rings. The van der Waals surface area contributed by atoms with Gasteiger partial charge >= 0.3 is 0 Å². The lowest BCUT2D eigenvalue weighted by Crippen LogP contribution is -2.30. The molecular weight excluding hydrogens is 268 g/mol. The van der Waals surface area contributed by atoms with Crippen molar-refractivity contribution in [2.24, 2.45) is 0 Å². The summed E-state index contributed by atoms with van der Waals surface area (Å²) < 4.78 is 26.4. The van der Waals surface area contributed by atoms with E-state index in [4.69, 9.17) is 0 Å². The van der Waals surface area contributed by atoms with E-state index in [-0.39, 0.29) is 5.56 Å². The molecule has 2 rings (SSSR count). The molecular formula is C14H13F2NOS. The van der Waals surface area contributed by atoms with Gasteiger partial charge in [0, 0.05) is 17.5 Å². The van der Waals surface area contributed by atoms with Crippen molar-refractivity contribution in [2.75, 3.05) is 6.54 Å². The van der Waals surface area contributed by atoms with Crippen LogP contribution in [0.2, 0.25) is 0 Å². The van der Waals surface area contributed by atoms with E-state index in [0.717, 1.165) is 17.0 Å². The number of carbonyl (C=O) groups excluding carboxylic acids is 1. The number of amides is 1. The molecule has 100 valence electrons. The van der Waals surface area contributed by atoms with Crippen molar-refractivity contribution in [3.8, 4) is 0 Å². The van der Waals surface area contributed by atoms with E-state index in [0.29, 0.717) is 13.1 Å². The molecule has 0 N–H and O–H groups in total. The summed E-state index contributed by atoms with van der Waals surface area (Å²) in [4.78, 5) is 14.8. The zero-order valence-corrected chi connectivity index (χ0v) is 11.2. The Bertz CT molecular complexity index is 569. The highest BCUT2D eigenvalue weighted by Crippen LogP contribution is 2.16.